The summed E-state index contributed by atoms with van der Waals surface area (Å²) < 4.78 is 10.9. The molecule has 0 aliphatic rings. The molecule has 0 aliphatic carbocycles. The van der Waals surface area contributed by atoms with Crippen LogP contribution in [0.3, 0.4) is 0 Å². The second kappa shape index (κ2) is 9.33. The average molecular weight is 363 g/mol. The van der Waals surface area contributed by atoms with Crippen LogP contribution >= 0.6 is 0 Å². The molecule has 0 spiro atoms. The lowest BCUT2D eigenvalue weighted by Gasteiger charge is -2.08. The summed E-state index contributed by atoms with van der Waals surface area (Å²) in [6.45, 7) is 2.38. The highest BCUT2D eigenvalue weighted by Gasteiger charge is 2.06. The molecule has 3 rings (SSSR count). The van der Waals surface area contributed by atoms with Gasteiger partial charge in [0.15, 0.2) is 0 Å². The Hall–Kier alpha value is -3.41. The Morgan fingerprint density at radius 2 is 1.78 bits per heavy atom. The molecule has 6 heteroatoms. The molecule has 27 heavy (non-hydrogen) atoms. The SMILES string of the molecule is Cc1cc(Nc2ccc(OC(=O)CCCOc3ccccc3)cc2)ncn1. The molecule has 0 radical (unpaired) electrons. The van der Waals surface area contributed by atoms with E-state index < -0.39 is 0 Å². The van der Waals surface area contributed by atoms with Crippen molar-refractivity contribution in [1.29, 1.82) is 0 Å². The van der Waals surface area contributed by atoms with Crippen molar-refractivity contribution in [1.82, 2.24) is 9.97 Å². The van der Waals surface area contributed by atoms with Gasteiger partial charge in [-0.3, -0.25) is 4.79 Å². The summed E-state index contributed by atoms with van der Waals surface area (Å²) in [7, 11) is 0. The molecule has 2 aromatic carbocycles. The lowest BCUT2D eigenvalue weighted by atomic mass is 10.3. The summed E-state index contributed by atoms with van der Waals surface area (Å²) in [5.74, 6) is 1.74. The van der Waals surface area contributed by atoms with Crippen molar-refractivity contribution in [2.24, 2.45) is 0 Å². The molecule has 1 heterocycles. The highest BCUT2D eigenvalue weighted by molar-refractivity contribution is 5.72. The van der Waals surface area contributed by atoms with Gasteiger partial charge >= 0.3 is 5.97 Å². The topological polar surface area (TPSA) is 73.3 Å². The van der Waals surface area contributed by atoms with Crippen molar-refractivity contribution in [2.45, 2.75) is 19.8 Å². The van der Waals surface area contributed by atoms with Gasteiger partial charge in [0.25, 0.3) is 0 Å². The fourth-order valence-corrected chi connectivity index (χ4v) is 2.38. The number of ether oxygens (including phenoxy) is 2. The van der Waals surface area contributed by atoms with Crippen LogP contribution in [0.15, 0.2) is 67.0 Å². The molecular formula is C21H21N3O3. The van der Waals surface area contributed by atoms with Crippen molar-refractivity contribution >= 4 is 17.5 Å². The third-order valence-electron chi connectivity index (χ3n) is 3.70. The summed E-state index contributed by atoms with van der Waals surface area (Å²) >= 11 is 0. The van der Waals surface area contributed by atoms with Crippen molar-refractivity contribution in [2.75, 3.05) is 11.9 Å². The van der Waals surface area contributed by atoms with Crippen LogP contribution in [0.4, 0.5) is 11.5 Å². The van der Waals surface area contributed by atoms with Gasteiger partial charge in [-0.05, 0) is 49.7 Å². The van der Waals surface area contributed by atoms with Gasteiger partial charge in [0.1, 0.15) is 23.6 Å². The first-order valence-electron chi connectivity index (χ1n) is 8.73. The maximum Gasteiger partial charge on any atom is 0.311 e. The maximum atomic E-state index is 11.9. The van der Waals surface area contributed by atoms with E-state index >= 15 is 0 Å². The van der Waals surface area contributed by atoms with Crippen molar-refractivity contribution in [3.05, 3.63) is 72.7 Å². The molecular weight excluding hydrogens is 342 g/mol. The van der Waals surface area contributed by atoms with Crippen LogP contribution in [0.5, 0.6) is 11.5 Å². The number of aromatic nitrogens is 2. The van der Waals surface area contributed by atoms with E-state index in [0.717, 1.165) is 17.1 Å². The molecule has 138 valence electrons. The number of nitrogens with one attached hydrogen (secondary N) is 1. The van der Waals surface area contributed by atoms with E-state index in [0.29, 0.717) is 31.0 Å². The fourth-order valence-electron chi connectivity index (χ4n) is 2.38. The molecule has 0 unspecified atom stereocenters. The van der Waals surface area contributed by atoms with Gasteiger partial charge in [-0.2, -0.15) is 0 Å². The van der Waals surface area contributed by atoms with Crippen LogP contribution in [0.25, 0.3) is 0 Å². The van der Waals surface area contributed by atoms with Crippen LogP contribution in [0.2, 0.25) is 0 Å². The minimum Gasteiger partial charge on any atom is -0.494 e. The fraction of sp³-hybridized carbons (Fsp3) is 0.190. The minimum atomic E-state index is -0.279. The number of anilines is 2. The zero-order valence-electron chi connectivity index (χ0n) is 15.1. The highest BCUT2D eigenvalue weighted by atomic mass is 16.5. The first-order chi connectivity index (χ1) is 13.2. The number of carbonyl (C=O) groups excluding carboxylic acids is 1. The number of hydrogen-bond donors (Lipinski definition) is 1. The van der Waals surface area contributed by atoms with E-state index in [-0.39, 0.29) is 5.97 Å². The van der Waals surface area contributed by atoms with Gasteiger partial charge in [-0.1, -0.05) is 18.2 Å². The standard InChI is InChI=1S/C21H21N3O3/c1-16-14-20(23-15-22-16)24-17-9-11-19(12-10-17)27-21(25)8-5-13-26-18-6-3-2-4-7-18/h2-4,6-7,9-12,14-15H,5,8,13H2,1H3,(H,22,23,24). The number of rotatable bonds is 8. The van der Waals surface area contributed by atoms with E-state index in [1.54, 1.807) is 12.1 Å². The van der Waals surface area contributed by atoms with Gasteiger partial charge in [0.2, 0.25) is 0 Å². The Bertz CT molecular complexity index is 867. The smallest absolute Gasteiger partial charge is 0.311 e. The molecule has 3 aromatic rings. The van der Waals surface area contributed by atoms with E-state index in [9.17, 15) is 4.79 Å². The minimum absolute atomic E-state index is 0.279. The molecule has 0 amide bonds. The molecule has 1 aromatic heterocycles. The molecule has 0 saturated heterocycles. The Morgan fingerprint density at radius 3 is 2.52 bits per heavy atom. The highest BCUT2D eigenvalue weighted by Crippen LogP contribution is 2.19. The second-order valence-corrected chi connectivity index (χ2v) is 5.93. The quantitative estimate of drug-likeness (QED) is 0.366. The number of benzene rings is 2. The van der Waals surface area contributed by atoms with E-state index in [4.69, 9.17) is 9.47 Å². The molecule has 0 bridgehead atoms. The number of carbonyl (C=O) groups is 1. The average Bonchev–Trinajstić information content (AvgIpc) is 2.68. The Kier molecular flexibility index (Phi) is 6.35. The summed E-state index contributed by atoms with van der Waals surface area (Å²) in [4.78, 5) is 20.1. The largest absolute Gasteiger partial charge is 0.494 e. The van der Waals surface area contributed by atoms with Gasteiger partial charge in [0.05, 0.1) is 6.61 Å². The predicted octanol–water partition coefficient (Wildman–Crippen LogP) is 4.29. The number of esters is 1. The van der Waals surface area contributed by atoms with E-state index in [1.807, 2.05) is 55.5 Å². The van der Waals surface area contributed by atoms with Gasteiger partial charge < -0.3 is 14.8 Å². The molecule has 1 N–H and O–H groups in total. The normalized spacial score (nSPS) is 10.3. The zero-order chi connectivity index (χ0) is 18.9. The Balaban J connectivity index is 1.41. The molecule has 0 atom stereocenters. The van der Waals surface area contributed by atoms with Crippen LogP contribution in [0.1, 0.15) is 18.5 Å². The number of hydrogen-bond acceptors (Lipinski definition) is 6. The number of aryl methyl sites for hydroxylation is 1. The van der Waals surface area contributed by atoms with Crippen LogP contribution in [-0.4, -0.2) is 22.5 Å². The van der Waals surface area contributed by atoms with Crippen molar-refractivity contribution in [3.8, 4) is 11.5 Å². The first-order valence-corrected chi connectivity index (χ1v) is 8.73. The first kappa shape index (κ1) is 18.4. The third-order valence-corrected chi connectivity index (χ3v) is 3.70. The Labute approximate surface area is 158 Å². The second-order valence-electron chi connectivity index (χ2n) is 5.93. The van der Waals surface area contributed by atoms with Crippen LogP contribution in [0, 0.1) is 6.92 Å². The Morgan fingerprint density at radius 1 is 1.00 bits per heavy atom. The van der Waals surface area contributed by atoms with Crippen LogP contribution < -0.4 is 14.8 Å². The molecule has 0 fully saturated rings. The monoisotopic (exact) mass is 363 g/mol. The third kappa shape index (κ3) is 6.11. The summed E-state index contributed by atoms with van der Waals surface area (Å²) in [6.07, 6.45) is 2.41. The zero-order valence-corrected chi connectivity index (χ0v) is 15.1. The summed E-state index contributed by atoms with van der Waals surface area (Å²) in [6, 6.07) is 18.5. The summed E-state index contributed by atoms with van der Waals surface area (Å²) in [5.41, 5.74) is 1.73. The van der Waals surface area contributed by atoms with Crippen molar-refractivity contribution in [3.63, 3.8) is 0 Å². The van der Waals surface area contributed by atoms with Gasteiger partial charge in [0, 0.05) is 23.9 Å². The maximum absolute atomic E-state index is 11.9. The number of para-hydroxylation sites is 1. The number of nitrogens with zero attached hydrogens (tertiary/aromatic N) is 2. The predicted molar refractivity (Wildman–Crippen MR) is 103 cm³/mol. The molecule has 0 saturated carbocycles. The van der Waals surface area contributed by atoms with E-state index in [1.165, 1.54) is 6.33 Å². The molecule has 6 nitrogen and oxygen atoms in total. The van der Waals surface area contributed by atoms with Gasteiger partial charge in [-0.15, -0.1) is 0 Å². The van der Waals surface area contributed by atoms with Gasteiger partial charge in [-0.25, -0.2) is 9.97 Å². The van der Waals surface area contributed by atoms with Crippen LogP contribution in [-0.2, 0) is 4.79 Å². The molecule has 0 aliphatic heterocycles. The van der Waals surface area contributed by atoms with Crippen molar-refractivity contribution < 1.29 is 14.3 Å². The lowest BCUT2D eigenvalue weighted by molar-refractivity contribution is -0.134. The lowest BCUT2D eigenvalue weighted by Crippen LogP contribution is -2.10. The summed E-state index contributed by atoms with van der Waals surface area (Å²) in [5, 5.41) is 3.17. The van der Waals surface area contributed by atoms with E-state index in [2.05, 4.69) is 15.3 Å².